The highest BCUT2D eigenvalue weighted by Gasteiger charge is 2.44. The predicted octanol–water partition coefficient (Wildman–Crippen LogP) is 0.707. The quantitative estimate of drug-likeness (QED) is 0.806. The standard InChI is InChI=1S/C16H22N4O2/c1-16(2)14(21)20(15(22)18-16)8-7-19-10-12(17)9-11-5-3-4-6-13(11)19/h3-6,12H,7-10,17H2,1-2H3,(H,18,22). The molecule has 0 aromatic heterocycles. The topological polar surface area (TPSA) is 78.7 Å². The highest BCUT2D eigenvalue weighted by atomic mass is 16.2. The summed E-state index contributed by atoms with van der Waals surface area (Å²) in [6.45, 7) is 5.15. The summed E-state index contributed by atoms with van der Waals surface area (Å²) in [6, 6.07) is 7.92. The van der Waals surface area contributed by atoms with Crippen LogP contribution in [0.15, 0.2) is 24.3 Å². The molecule has 2 aliphatic rings. The lowest BCUT2D eigenvalue weighted by Gasteiger charge is -2.35. The number of amides is 3. The van der Waals surface area contributed by atoms with Crippen molar-refractivity contribution in [3.05, 3.63) is 29.8 Å². The molecule has 2 aliphatic heterocycles. The van der Waals surface area contributed by atoms with E-state index < -0.39 is 5.54 Å². The number of anilines is 1. The molecule has 1 unspecified atom stereocenters. The molecule has 3 N–H and O–H groups in total. The van der Waals surface area contributed by atoms with Crippen LogP contribution in [0.5, 0.6) is 0 Å². The number of nitrogens with one attached hydrogen (secondary N) is 1. The van der Waals surface area contributed by atoms with Crippen LogP contribution in [0.1, 0.15) is 19.4 Å². The largest absolute Gasteiger partial charge is 0.368 e. The second kappa shape index (κ2) is 5.28. The van der Waals surface area contributed by atoms with E-state index in [2.05, 4.69) is 22.3 Å². The first-order chi connectivity index (χ1) is 10.4. The number of imide groups is 1. The van der Waals surface area contributed by atoms with E-state index in [1.165, 1.54) is 10.5 Å². The number of hydrogen-bond donors (Lipinski definition) is 2. The van der Waals surface area contributed by atoms with Gasteiger partial charge in [-0.1, -0.05) is 18.2 Å². The van der Waals surface area contributed by atoms with Crippen LogP contribution < -0.4 is 16.0 Å². The Labute approximate surface area is 130 Å². The van der Waals surface area contributed by atoms with E-state index in [4.69, 9.17) is 5.73 Å². The van der Waals surface area contributed by atoms with Crippen molar-refractivity contribution in [2.45, 2.75) is 31.8 Å². The summed E-state index contributed by atoms with van der Waals surface area (Å²) < 4.78 is 0. The van der Waals surface area contributed by atoms with Crippen LogP contribution in [0.25, 0.3) is 0 Å². The molecule has 118 valence electrons. The number of urea groups is 1. The van der Waals surface area contributed by atoms with Crippen molar-refractivity contribution in [3.8, 4) is 0 Å². The molecule has 2 heterocycles. The molecule has 22 heavy (non-hydrogen) atoms. The van der Waals surface area contributed by atoms with E-state index >= 15 is 0 Å². The van der Waals surface area contributed by atoms with Crippen molar-refractivity contribution < 1.29 is 9.59 Å². The maximum atomic E-state index is 12.2. The molecule has 3 amide bonds. The minimum Gasteiger partial charge on any atom is -0.368 e. The Kier molecular flexibility index (Phi) is 3.56. The van der Waals surface area contributed by atoms with Crippen molar-refractivity contribution in [3.63, 3.8) is 0 Å². The third-order valence-electron chi connectivity index (χ3n) is 4.31. The summed E-state index contributed by atoms with van der Waals surface area (Å²) in [7, 11) is 0. The van der Waals surface area contributed by atoms with E-state index in [1.807, 2.05) is 12.1 Å². The van der Waals surface area contributed by atoms with Gasteiger partial charge in [0.15, 0.2) is 0 Å². The molecular weight excluding hydrogens is 280 g/mol. The molecule has 0 radical (unpaired) electrons. The van der Waals surface area contributed by atoms with Gasteiger partial charge in [0, 0.05) is 31.4 Å². The number of carbonyl (C=O) groups is 2. The normalized spacial score (nSPS) is 23.5. The van der Waals surface area contributed by atoms with Gasteiger partial charge < -0.3 is 16.0 Å². The zero-order valence-corrected chi connectivity index (χ0v) is 13.0. The number of benzene rings is 1. The van der Waals surface area contributed by atoms with Crippen molar-refractivity contribution in [1.82, 2.24) is 10.2 Å². The lowest BCUT2D eigenvalue weighted by molar-refractivity contribution is -0.130. The average Bonchev–Trinajstić information content (AvgIpc) is 2.65. The summed E-state index contributed by atoms with van der Waals surface area (Å²) in [6.07, 6.45) is 0.864. The molecule has 1 fully saturated rings. The second-order valence-electron chi connectivity index (χ2n) is 6.55. The summed E-state index contributed by atoms with van der Waals surface area (Å²) >= 11 is 0. The van der Waals surface area contributed by atoms with Crippen LogP contribution in [-0.2, 0) is 11.2 Å². The Bertz CT molecular complexity index is 614. The zero-order chi connectivity index (χ0) is 15.9. The minimum absolute atomic E-state index is 0.0782. The minimum atomic E-state index is -0.812. The van der Waals surface area contributed by atoms with Gasteiger partial charge in [-0.2, -0.15) is 0 Å². The zero-order valence-electron chi connectivity index (χ0n) is 13.0. The fourth-order valence-electron chi connectivity index (χ4n) is 3.17. The van der Waals surface area contributed by atoms with E-state index in [9.17, 15) is 9.59 Å². The summed E-state index contributed by atoms with van der Waals surface area (Å²) in [5.41, 5.74) is 7.68. The number of nitrogens with zero attached hydrogens (tertiary/aromatic N) is 2. The Hall–Kier alpha value is -2.08. The monoisotopic (exact) mass is 302 g/mol. The lowest BCUT2D eigenvalue weighted by Crippen LogP contribution is -2.47. The van der Waals surface area contributed by atoms with Crippen LogP contribution in [0, 0.1) is 0 Å². The van der Waals surface area contributed by atoms with E-state index in [1.54, 1.807) is 13.8 Å². The fraction of sp³-hybridized carbons (Fsp3) is 0.500. The molecule has 6 heteroatoms. The number of carbonyl (C=O) groups excluding carboxylic acids is 2. The maximum Gasteiger partial charge on any atom is 0.325 e. The number of fused-ring (bicyclic) bond motifs is 1. The van der Waals surface area contributed by atoms with Gasteiger partial charge >= 0.3 is 6.03 Å². The van der Waals surface area contributed by atoms with Crippen LogP contribution >= 0.6 is 0 Å². The summed E-state index contributed by atoms with van der Waals surface area (Å²) in [4.78, 5) is 27.6. The lowest BCUT2D eigenvalue weighted by atomic mass is 9.98. The van der Waals surface area contributed by atoms with Gasteiger partial charge in [0.1, 0.15) is 5.54 Å². The number of para-hydroxylation sites is 1. The number of rotatable bonds is 3. The molecule has 3 rings (SSSR count). The van der Waals surface area contributed by atoms with Gasteiger partial charge in [-0.25, -0.2) is 4.79 Å². The summed E-state index contributed by atoms with van der Waals surface area (Å²) in [5.74, 6) is -0.174. The number of nitrogens with two attached hydrogens (primary N) is 1. The molecule has 0 saturated carbocycles. The number of hydrogen-bond acceptors (Lipinski definition) is 4. The Balaban J connectivity index is 1.72. The molecule has 0 spiro atoms. The van der Waals surface area contributed by atoms with Gasteiger partial charge in [0.2, 0.25) is 0 Å². The third kappa shape index (κ3) is 2.54. The Morgan fingerprint density at radius 1 is 1.27 bits per heavy atom. The van der Waals surface area contributed by atoms with Crippen molar-refractivity contribution in [2.24, 2.45) is 5.73 Å². The fourth-order valence-corrected chi connectivity index (χ4v) is 3.17. The van der Waals surface area contributed by atoms with Gasteiger partial charge in [-0.15, -0.1) is 0 Å². The molecule has 1 atom stereocenters. The predicted molar refractivity (Wildman–Crippen MR) is 84.7 cm³/mol. The highest BCUT2D eigenvalue weighted by Crippen LogP contribution is 2.26. The first-order valence-corrected chi connectivity index (χ1v) is 7.61. The van der Waals surface area contributed by atoms with Gasteiger partial charge in [0.25, 0.3) is 5.91 Å². The van der Waals surface area contributed by atoms with E-state index in [-0.39, 0.29) is 18.0 Å². The smallest absolute Gasteiger partial charge is 0.325 e. The molecule has 1 aromatic carbocycles. The second-order valence-corrected chi connectivity index (χ2v) is 6.55. The molecule has 0 bridgehead atoms. The Morgan fingerprint density at radius 2 is 2.00 bits per heavy atom. The molecule has 1 aromatic rings. The first-order valence-electron chi connectivity index (χ1n) is 7.61. The van der Waals surface area contributed by atoms with Gasteiger partial charge in [0.05, 0.1) is 0 Å². The maximum absolute atomic E-state index is 12.2. The van der Waals surface area contributed by atoms with Crippen LogP contribution in [0.3, 0.4) is 0 Å². The van der Waals surface area contributed by atoms with Crippen molar-refractivity contribution >= 4 is 17.6 Å². The van der Waals surface area contributed by atoms with Crippen LogP contribution in [-0.4, -0.2) is 48.1 Å². The molecule has 0 aliphatic carbocycles. The Morgan fingerprint density at radius 3 is 2.68 bits per heavy atom. The van der Waals surface area contributed by atoms with Crippen LogP contribution in [0.2, 0.25) is 0 Å². The van der Waals surface area contributed by atoms with Crippen molar-refractivity contribution in [2.75, 3.05) is 24.5 Å². The highest BCUT2D eigenvalue weighted by molar-refractivity contribution is 6.06. The SMILES string of the molecule is CC1(C)NC(=O)N(CCN2CC(N)Cc3ccccc32)C1=O. The van der Waals surface area contributed by atoms with E-state index in [0.29, 0.717) is 13.1 Å². The molecule has 1 saturated heterocycles. The first kappa shape index (κ1) is 14.8. The molecule has 6 nitrogen and oxygen atoms in total. The molecular formula is C16H22N4O2. The van der Waals surface area contributed by atoms with Gasteiger partial charge in [-0.3, -0.25) is 9.69 Å². The summed E-state index contributed by atoms with van der Waals surface area (Å²) in [5, 5.41) is 2.70. The van der Waals surface area contributed by atoms with Crippen molar-refractivity contribution in [1.29, 1.82) is 0 Å². The third-order valence-corrected chi connectivity index (χ3v) is 4.31. The van der Waals surface area contributed by atoms with Gasteiger partial charge in [-0.05, 0) is 31.9 Å². The van der Waals surface area contributed by atoms with E-state index in [0.717, 1.165) is 18.7 Å². The van der Waals surface area contributed by atoms with Crippen LogP contribution in [0.4, 0.5) is 10.5 Å². The average molecular weight is 302 g/mol.